The minimum Gasteiger partial charge on any atom is -0.325 e. The molecule has 1 aliphatic heterocycles. The monoisotopic (exact) mass is 376 g/mol. The van der Waals surface area contributed by atoms with E-state index in [2.05, 4.69) is 21.2 Å². The lowest BCUT2D eigenvalue weighted by atomic mass is 10.1. The third kappa shape index (κ3) is 3.42. The van der Waals surface area contributed by atoms with Crippen LogP contribution in [0.3, 0.4) is 0 Å². The number of anilines is 2. The van der Waals surface area contributed by atoms with Crippen molar-refractivity contribution in [1.29, 1.82) is 0 Å². The van der Waals surface area contributed by atoms with E-state index in [1.54, 1.807) is 11.0 Å². The first kappa shape index (κ1) is 15.7. The Kier molecular flexibility index (Phi) is 4.43. The number of nitrogens with one attached hydrogen (secondary N) is 1. The molecule has 2 aromatic carbocycles. The second-order valence-electron chi connectivity index (χ2n) is 5.31. The molecule has 0 aromatic heterocycles. The summed E-state index contributed by atoms with van der Waals surface area (Å²) in [5, 5.41) is 2.60. The summed E-state index contributed by atoms with van der Waals surface area (Å²) >= 11 is 3.37. The molecule has 0 bridgehead atoms. The van der Waals surface area contributed by atoms with Gasteiger partial charge in [-0.25, -0.2) is 4.39 Å². The largest absolute Gasteiger partial charge is 0.325 e. The molecule has 0 aliphatic carbocycles. The van der Waals surface area contributed by atoms with Gasteiger partial charge in [0.2, 0.25) is 11.8 Å². The molecule has 23 heavy (non-hydrogen) atoms. The molecule has 0 spiro atoms. The van der Waals surface area contributed by atoms with E-state index in [-0.39, 0.29) is 5.91 Å². The summed E-state index contributed by atoms with van der Waals surface area (Å²) in [7, 11) is 0. The van der Waals surface area contributed by atoms with Crippen molar-refractivity contribution >= 4 is 39.1 Å². The van der Waals surface area contributed by atoms with Crippen molar-refractivity contribution < 1.29 is 14.0 Å². The Labute approximate surface area is 141 Å². The van der Waals surface area contributed by atoms with E-state index in [0.717, 1.165) is 10.2 Å². The van der Waals surface area contributed by atoms with E-state index in [4.69, 9.17) is 0 Å². The van der Waals surface area contributed by atoms with Crippen LogP contribution in [-0.4, -0.2) is 18.4 Å². The van der Waals surface area contributed by atoms with Gasteiger partial charge in [0.05, 0.1) is 0 Å². The van der Waals surface area contributed by atoms with Crippen molar-refractivity contribution in [3.05, 3.63) is 58.8 Å². The Morgan fingerprint density at radius 2 is 2.00 bits per heavy atom. The van der Waals surface area contributed by atoms with Gasteiger partial charge in [-0.15, -0.1) is 0 Å². The predicted molar refractivity (Wildman–Crippen MR) is 89.6 cm³/mol. The van der Waals surface area contributed by atoms with Gasteiger partial charge in [-0.1, -0.05) is 28.1 Å². The molecule has 0 radical (unpaired) electrons. The van der Waals surface area contributed by atoms with Gasteiger partial charge in [0.1, 0.15) is 11.7 Å². The number of carbonyl (C=O) groups excluding carboxylic acids is 2. The minimum absolute atomic E-state index is 0.239. The van der Waals surface area contributed by atoms with E-state index in [0.29, 0.717) is 18.7 Å². The van der Waals surface area contributed by atoms with Crippen molar-refractivity contribution in [2.75, 3.05) is 16.8 Å². The van der Waals surface area contributed by atoms with Gasteiger partial charge in [0, 0.05) is 22.4 Å². The quantitative estimate of drug-likeness (QED) is 0.832. The molecule has 1 saturated heterocycles. The summed E-state index contributed by atoms with van der Waals surface area (Å²) < 4.78 is 14.0. The molecule has 1 unspecified atom stereocenters. The maximum atomic E-state index is 13.2. The fourth-order valence-corrected chi connectivity index (χ4v) is 3.01. The van der Waals surface area contributed by atoms with Gasteiger partial charge in [-0.05, 0) is 42.8 Å². The number of rotatable bonds is 3. The lowest BCUT2D eigenvalue weighted by Gasteiger charge is -2.17. The summed E-state index contributed by atoms with van der Waals surface area (Å²) in [5.74, 6) is -1.83. The summed E-state index contributed by atoms with van der Waals surface area (Å²) in [6.07, 6.45) is 0.437. The van der Waals surface area contributed by atoms with Crippen LogP contribution in [0.5, 0.6) is 0 Å². The van der Waals surface area contributed by atoms with Gasteiger partial charge in [-0.3, -0.25) is 9.59 Å². The standard InChI is InChI=1S/C17H14BrFN2O2/c18-11-3-1-6-14(9-11)21-8-7-15(17(21)23)16(22)20-13-5-2-4-12(19)10-13/h1-6,9-10,15H,7-8H2,(H,20,22). The molecule has 6 heteroatoms. The zero-order valence-corrected chi connectivity index (χ0v) is 13.7. The zero-order chi connectivity index (χ0) is 16.4. The number of hydrogen-bond donors (Lipinski definition) is 1. The summed E-state index contributed by atoms with van der Waals surface area (Å²) in [4.78, 5) is 26.4. The Bertz CT molecular complexity index is 766. The summed E-state index contributed by atoms with van der Waals surface area (Å²) in [6, 6.07) is 13.0. The average molecular weight is 377 g/mol. The molecule has 1 atom stereocenters. The number of carbonyl (C=O) groups is 2. The fourth-order valence-electron chi connectivity index (χ4n) is 2.62. The number of nitrogens with zero attached hydrogens (tertiary/aromatic N) is 1. The first-order chi connectivity index (χ1) is 11.0. The molecule has 0 saturated carbocycles. The van der Waals surface area contributed by atoms with Gasteiger partial charge in [0.25, 0.3) is 0 Å². The Morgan fingerprint density at radius 1 is 1.22 bits per heavy atom. The van der Waals surface area contributed by atoms with Crippen LogP contribution < -0.4 is 10.2 Å². The number of halogens is 2. The summed E-state index contributed by atoms with van der Waals surface area (Å²) in [6.45, 7) is 0.483. The van der Waals surface area contributed by atoms with E-state index in [1.165, 1.54) is 18.2 Å². The molecule has 1 N–H and O–H groups in total. The molecule has 3 rings (SSSR count). The van der Waals surface area contributed by atoms with Gasteiger partial charge in [0.15, 0.2) is 0 Å². The maximum Gasteiger partial charge on any atom is 0.239 e. The van der Waals surface area contributed by atoms with Crippen molar-refractivity contribution in [2.45, 2.75) is 6.42 Å². The maximum absolute atomic E-state index is 13.2. The molecule has 1 fully saturated rings. The average Bonchev–Trinajstić information content (AvgIpc) is 2.89. The molecule has 2 aromatic rings. The van der Waals surface area contributed by atoms with Crippen LogP contribution in [0.4, 0.5) is 15.8 Å². The molecule has 118 valence electrons. The SMILES string of the molecule is O=C(Nc1cccc(F)c1)C1CCN(c2cccc(Br)c2)C1=O. The van der Waals surface area contributed by atoms with Gasteiger partial charge in [-0.2, -0.15) is 0 Å². The van der Waals surface area contributed by atoms with Crippen LogP contribution >= 0.6 is 15.9 Å². The molecule has 4 nitrogen and oxygen atoms in total. The van der Waals surface area contributed by atoms with E-state index >= 15 is 0 Å². The van der Waals surface area contributed by atoms with Crippen molar-refractivity contribution in [3.8, 4) is 0 Å². The van der Waals surface area contributed by atoms with Crippen LogP contribution in [0.1, 0.15) is 6.42 Å². The lowest BCUT2D eigenvalue weighted by Crippen LogP contribution is -2.33. The highest BCUT2D eigenvalue weighted by atomic mass is 79.9. The third-order valence-corrected chi connectivity index (χ3v) is 4.23. The highest BCUT2D eigenvalue weighted by Gasteiger charge is 2.37. The fraction of sp³-hybridized carbons (Fsp3) is 0.176. The van der Waals surface area contributed by atoms with E-state index in [1.807, 2.05) is 24.3 Å². The molecular formula is C17H14BrFN2O2. The molecule has 1 heterocycles. The van der Waals surface area contributed by atoms with Crippen LogP contribution in [0.2, 0.25) is 0 Å². The van der Waals surface area contributed by atoms with Crippen LogP contribution in [0.25, 0.3) is 0 Å². The number of hydrogen-bond acceptors (Lipinski definition) is 2. The molecule has 1 aliphatic rings. The van der Waals surface area contributed by atoms with Crippen molar-refractivity contribution in [3.63, 3.8) is 0 Å². The van der Waals surface area contributed by atoms with Gasteiger partial charge < -0.3 is 10.2 Å². The first-order valence-electron chi connectivity index (χ1n) is 7.18. The summed E-state index contributed by atoms with van der Waals surface area (Å²) in [5.41, 5.74) is 1.11. The molecular weight excluding hydrogens is 363 g/mol. The van der Waals surface area contributed by atoms with E-state index < -0.39 is 17.6 Å². The topological polar surface area (TPSA) is 49.4 Å². The smallest absolute Gasteiger partial charge is 0.239 e. The predicted octanol–water partition coefficient (Wildman–Crippen LogP) is 3.58. The van der Waals surface area contributed by atoms with Crippen LogP contribution in [-0.2, 0) is 9.59 Å². The second-order valence-corrected chi connectivity index (χ2v) is 6.23. The Morgan fingerprint density at radius 3 is 2.74 bits per heavy atom. The van der Waals surface area contributed by atoms with Crippen LogP contribution in [0, 0.1) is 11.7 Å². The van der Waals surface area contributed by atoms with E-state index in [9.17, 15) is 14.0 Å². The van der Waals surface area contributed by atoms with Crippen LogP contribution in [0.15, 0.2) is 53.0 Å². The highest BCUT2D eigenvalue weighted by molar-refractivity contribution is 9.10. The highest BCUT2D eigenvalue weighted by Crippen LogP contribution is 2.28. The van der Waals surface area contributed by atoms with Crippen molar-refractivity contribution in [1.82, 2.24) is 0 Å². The normalized spacial score (nSPS) is 17.4. The Balaban J connectivity index is 1.72. The number of benzene rings is 2. The lowest BCUT2D eigenvalue weighted by molar-refractivity contribution is -0.129. The van der Waals surface area contributed by atoms with Gasteiger partial charge >= 0.3 is 0 Å². The van der Waals surface area contributed by atoms with Crippen molar-refractivity contribution in [2.24, 2.45) is 5.92 Å². The third-order valence-electron chi connectivity index (χ3n) is 3.73. The minimum atomic E-state index is -0.753. The second kappa shape index (κ2) is 6.50. The number of amides is 2. The molecule has 2 amide bonds. The Hall–Kier alpha value is -2.21. The zero-order valence-electron chi connectivity index (χ0n) is 12.1. The first-order valence-corrected chi connectivity index (χ1v) is 7.97.